The highest BCUT2D eigenvalue weighted by Gasteiger charge is 2.26. The second kappa shape index (κ2) is 8.80. The van der Waals surface area contributed by atoms with Gasteiger partial charge in [-0.05, 0) is 32.8 Å². The lowest BCUT2D eigenvalue weighted by atomic mass is 10.1. The Morgan fingerprint density at radius 2 is 1.88 bits per heavy atom. The molecule has 1 aliphatic rings. The highest BCUT2D eigenvalue weighted by Crippen LogP contribution is 2.19. The van der Waals surface area contributed by atoms with Crippen LogP contribution in [0.3, 0.4) is 0 Å². The number of hydrogen-bond acceptors (Lipinski definition) is 4. The summed E-state index contributed by atoms with van der Waals surface area (Å²) < 4.78 is 2.02. The van der Waals surface area contributed by atoms with Gasteiger partial charge in [-0.15, -0.1) is 0 Å². The molecule has 0 amide bonds. The van der Waals surface area contributed by atoms with Gasteiger partial charge >= 0.3 is 0 Å². The van der Waals surface area contributed by atoms with Crippen LogP contribution in [-0.2, 0) is 13.1 Å². The summed E-state index contributed by atoms with van der Waals surface area (Å²) in [6, 6.07) is 9.60. The van der Waals surface area contributed by atoms with Gasteiger partial charge in [-0.25, -0.2) is 0 Å². The first kappa shape index (κ1) is 19.1. The zero-order valence-electron chi connectivity index (χ0n) is 16.3. The Morgan fingerprint density at radius 3 is 2.54 bits per heavy atom. The summed E-state index contributed by atoms with van der Waals surface area (Å²) in [5, 5.41) is 14.0. The molecule has 5 heteroatoms. The zero-order valence-corrected chi connectivity index (χ0v) is 16.3. The molecule has 0 radical (unpaired) electrons. The van der Waals surface area contributed by atoms with E-state index in [1.165, 1.54) is 16.7 Å². The normalized spacial score (nSPS) is 19.3. The van der Waals surface area contributed by atoms with Gasteiger partial charge in [0.2, 0.25) is 0 Å². The van der Waals surface area contributed by atoms with Crippen molar-refractivity contribution in [3.63, 3.8) is 0 Å². The Bertz CT molecular complexity index is 680. The zero-order chi connectivity index (χ0) is 18.5. The van der Waals surface area contributed by atoms with Gasteiger partial charge in [0, 0.05) is 63.2 Å². The van der Waals surface area contributed by atoms with Crippen molar-refractivity contribution in [3.8, 4) is 0 Å². The Kier molecular flexibility index (Phi) is 6.46. The SMILES string of the molecule is Cc1ccc(CN2CCN(Cc3cnn(C(C)C)c3)C[C@H]2CCO)cc1. The largest absolute Gasteiger partial charge is 0.396 e. The molecule has 1 atom stereocenters. The molecule has 0 bridgehead atoms. The van der Waals surface area contributed by atoms with E-state index in [0.717, 1.165) is 39.1 Å². The van der Waals surface area contributed by atoms with Crippen LogP contribution in [0.5, 0.6) is 0 Å². The summed E-state index contributed by atoms with van der Waals surface area (Å²) in [4.78, 5) is 5.02. The van der Waals surface area contributed by atoms with Crippen molar-refractivity contribution in [3.05, 3.63) is 53.3 Å². The van der Waals surface area contributed by atoms with Crippen molar-refractivity contribution in [2.75, 3.05) is 26.2 Å². The van der Waals surface area contributed by atoms with E-state index in [4.69, 9.17) is 0 Å². The molecule has 1 saturated heterocycles. The summed E-state index contributed by atoms with van der Waals surface area (Å²) in [6.45, 7) is 11.7. The lowest BCUT2D eigenvalue weighted by Gasteiger charge is -2.41. The van der Waals surface area contributed by atoms with E-state index in [-0.39, 0.29) is 6.61 Å². The molecular formula is C21H32N4O. The van der Waals surface area contributed by atoms with Crippen LogP contribution < -0.4 is 0 Å². The predicted molar refractivity (Wildman–Crippen MR) is 105 cm³/mol. The number of nitrogens with zero attached hydrogens (tertiary/aromatic N) is 4. The number of rotatable bonds is 7. The Balaban J connectivity index is 1.60. The van der Waals surface area contributed by atoms with Crippen LogP contribution in [0.4, 0.5) is 0 Å². The van der Waals surface area contributed by atoms with Crippen LogP contribution in [0.25, 0.3) is 0 Å². The lowest BCUT2D eigenvalue weighted by molar-refractivity contribution is 0.0499. The smallest absolute Gasteiger partial charge is 0.0534 e. The van der Waals surface area contributed by atoms with Crippen LogP contribution in [0, 0.1) is 6.92 Å². The predicted octanol–water partition coefficient (Wildman–Crippen LogP) is 2.84. The molecule has 2 aromatic rings. The summed E-state index contributed by atoms with van der Waals surface area (Å²) >= 11 is 0. The van der Waals surface area contributed by atoms with Crippen LogP contribution in [-0.4, -0.2) is 57.0 Å². The van der Waals surface area contributed by atoms with Gasteiger partial charge in [0.1, 0.15) is 0 Å². The maximum Gasteiger partial charge on any atom is 0.0534 e. The number of benzene rings is 1. The van der Waals surface area contributed by atoms with Gasteiger partial charge in [0.05, 0.1) is 6.20 Å². The molecule has 0 aliphatic carbocycles. The quantitative estimate of drug-likeness (QED) is 0.829. The molecule has 0 spiro atoms. The number of aromatic nitrogens is 2. The molecule has 1 aliphatic heterocycles. The molecule has 2 heterocycles. The fraction of sp³-hybridized carbons (Fsp3) is 0.571. The van der Waals surface area contributed by atoms with Gasteiger partial charge in [0.15, 0.2) is 0 Å². The molecule has 0 saturated carbocycles. The molecule has 1 fully saturated rings. The first-order chi connectivity index (χ1) is 12.5. The fourth-order valence-corrected chi connectivity index (χ4v) is 3.66. The fourth-order valence-electron chi connectivity index (χ4n) is 3.66. The monoisotopic (exact) mass is 356 g/mol. The number of hydrogen-bond donors (Lipinski definition) is 1. The number of aryl methyl sites for hydroxylation is 1. The Labute approximate surface area is 157 Å². The Morgan fingerprint density at radius 1 is 1.12 bits per heavy atom. The molecular weight excluding hydrogens is 324 g/mol. The van der Waals surface area contributed by atoms with E-state index < -0.39 is 0 Å². The second-order valence-corrected chi connectivity index (χ2v) is 7.78. The van der Waals surface area contributed by atoms with Crippen LogP contribution in [0.1, 0.15) is 43.0 Å². The van der Waals surface area contributed by atoms with E-state index in [2.05, 4.69) is 66.1 Å². The minimum Gasteiger partial charge on any atom is -0.396 e. The first-order valence-corrected chi connectivity index (χ1v) is 9.71. The molecule has 1 N–H and O–H groups in total. The summed E-state index contributed by atoms with van der Waals surface area (Å²) in [5.41, 5.74) is 3.92. The van der Waals surface area contributed by atoms with E-state index in [1.807, 2.05) is 10.9 Å². The highest BCUT2D eigenvalue weighted by molar-refractivity contribution is 5.21. The molecule has 3 rings (SSSR count). The summed E-state index contributed by atoms with van der Waals surface area (Å²) in [6.07, 6.45) is 4.97. The van der Waals surface area contributed by atoms with Crippen molar-refractivity contribution in [2.45, 2.75) is 52.4 Å². The van der Waals surface area contributed by atoms with E-state index in [1.54, 1.807) is 0 Å². The van der Waals surface area contributed by atoms with E-state index in [9.17, 15) is 5.11 Å². The van der Waals surface area contributed by atoms with Gasteiger partial charge in [-0.2, -0.15) is 5.10 Å². The van der Waals surface area contributed by atoms with Gasteiger partial charge < -0.3 is 5.11 Å². The minimum atomic E-state index is 0.244. The topological polar surface area (TPSA) is 44.5 Å². The highest BCUT2D eigenvalue weighted by atomic mass is 16.3. The third-order valence-electron chi connectivity index (χ3n) is 5.25. The molecule has 26 heavy (non-hydrogen) atoms. The average molecular weight is 357 g/mol. The molecule has 142 valence electrons. The van der Waals surface area contributed by atoms with Crippen LogP contribution in [0.15, 0.2) is 36.7 Å². The number of piperazine rings is 1. The summed E-state index contributed by atoms with van der Waals surface area (Å²) in [7, 11) is 0. The number of aliphatic hydroxyl groups is 1. The molecule has 5 nitrogen and oxygen atoms in total. The summed E-state index contributed by atoms with van der Waals surface area (Å²) in [5.74, 6) is 0. The minimum absolute atomic E-state index is 0.244. The van der Waals surface area contributed by atoms with Crippen molar-refractivity contribution < 1.29 is 5.11 Å². The van der Waals surface area contributed by atoms with Crippen molar-refractivity contribution in [1.29, 1.82) is 0 Å². The maximum absolute atomic E-state index is 9.52. The standard InChI is InChI=1S/C21H32N4O/c1-17(2)25-15-20(12-22-25)13-23-9-10-24(21(16-23)8-11-26)14-19-6-4-18(3)5-7-19/h4-7,12,15,17,21,26H,8-11,13-14,16H2,1-3H3/t21-/m1/s1. The van der Waals surface area contributed by atoms with E-state index >= 15 is 0 Å². The molecule has 0 unspecified atom stereocenters. The average Bonchev–Trinajstić information content (AvgIpc) is 3.08. The van der Waals surface area contributed by atoms with Crippen LogP contribution in [0.2, 0.25) is 0 Å². The second-order valence-electron chi connectivity index (χ2n) is 7.78. The van der Waals surface area contributed by atoms with Crippen molar-refractivity contribution >= 4 is 0 Å². The third-order valence-corrected chi connectivity index (χ3v) is 5.25. The lowest BCUT2D eigenvalue weighted by Crippen LogP contribution is -2.52. The van der Waals surface area contributed by atoms with Crippen molar-refractivity contribution in [2.24, 2.45) is 0 Å². The number of aliphatic hydroxyl groups excluding tert-OH is 1. The third kappa shape index (κ3) is 4.93. The molecule has 1 aromatic heterocycles. The van der Waals surface area contributed by atoms with Gasteiger partial charge in [-0.1, -0.05) is 29.8 Å². The first-order valence-electron chi connectivity index (χ1n) is 9.71. The van der Waals surface area contributed by atoms with Gasteiger partial charge in [-0.3, -0.25) is 14.5 Å². The Hall–Kier alpha value is -1.69. The van der Waals surface area contributed by atoms with E-state index in [0.29, 0.717) is 12.1 Å². The maximum atomic E-state index is 9.52. The van der Waals surface area contributed by atoms with Crippen LogP contribution >= 0.6 is 0 Å². The molecule has 1 aromatic carbocycles. The van der Waals surface area contributed by atoms with Gasteiger partial charge in [0.25, 0.3) is 0 Å². The van der Waals surface area contributed by atoms with Crippen molar-refractivity contribution in [1.82, 2.24) is 19.6 Å².